The van der Waals surface area contributed by atoms with E-state index >= 15 is 0 Å². The molecule has 2 aromatic carbocycles. The zero-order valence-electron chi connectivity index (χ0n) is 17.5. The lowest BCUT2D eigenvalue weighted by molar-refractivity contribution is -0.140. The Hall–Kier alpha value is -3.16. The van der Waals surface area contributed by atoms with Crippen LogP contribution in [-0.2, 0) is 14.3 Å². The summed E-state index contributed by atoms with van der Waals surface area (Å²) in [6, 6.07) is 15.4. The topological polar surface area (TPSA) is 79.3 Å². The van der Waals surface area contributed by atoms with Gasteiger partial charge in [-0.2, -0.15) is 0 Å². The quantitative estimate of drug-likeness (QED) is 0.438. The lowest BCUT2D eigenvalue weighted by atomic mass is 9.95. The second-order valence-electron chi connectivity index (χ2n) is 7.59. The molecule has 0 saturated carbocycles. The van der Waals surface area contributed by atoms with Crippen molar-refractivity contribution in [3.63, 3.8) is 0 Å². The maximum atomic E-state index is 13.0. The van der Waals surface area contributed by atoms with Crippen LogP contribution in [0.15, 0.2) is 60.2 Å². The van der Waals surface area contributed by atoms with Gasteiger partial charge in [-0.15, -0.1) is 0 Å². The Morgan fingerprint density at radius 2 is 1.71 bits per heavy atom. The SMILES string of the molecule is COc1ccc(C2/C(=C(/O)c3ccccc3)C(=O)C(=O)N2CCN2CCOCC2)cc1. The van der Waals surface area contributed by atoms with E-state index in [0.717, 1.165) is 18.7 Å². The molecule has 2 saturated heterocycles. The van der Waals surface area contributed by atoms with E-state index < -0.39 is 17.7 Å². The van der Waals surface area contributed by atoms with Crippen LogP contribution in [0.2, 0.25) is 0 Å². The van der Waals surface area contributed by atoms with Gasteiger partial charge in [0.05, 0.1) is 31.9 Å². The smallest absolute Gasteiger partial charge is 0.295 e. The van der Waals surface area contributed by atoms with E-state index in [-0.39, 0.29) is 11.3 Å². The van der Waals surface area contributed by atoms with Gasteiger partial charge in [0.2, 0.25) is 0 Å². The van der Waals surface area contributed by atoms with E-state index in [2.05, 4.69) is 4.90 Å². The number of benzene rings is 2. The number of amides is 1. The minimum Gasteiger partial charge on any atom is -0.507 e. The van der Waals surface area contributed by atoms with Gasteiger partial charge in [-0.05, 0) is 17.7 Å². The van der Waals surface area contributed by atoms with Gasteiger partial charge in [0.1, 0.15) is 11.5 Å². The molecule has 2 aliphatic rings. The van der Waals surface area contributed by atoms with Crippen molar-refractivity contribution >= 4 is 17.4 Å². The molecular weight excluding hydrogens is 396 g/mol. The minimum atomic E-state index is -0.663. The summed E-state index contributed by atoms with van der Waals surface area (Å²) in [7, 11) is 1.58. The third kappa shape index (κ3) is 4.33. The molecule has 0 spiro atoms. The van der Waals surface area contributed by atoms with Gasteiger partial charge in [0.25, 0.3) is 11.7 Å². The highest BCUT2D eigenvalue weighted by molar-refractivity contribution is 6.46. The molecule has 31 heavy (non-hydrogen) atoms. The number of nitrogens with zero attached hydrogens (tertiary/aromatic N) is 2. The summed E-state index contributed by atoms with van der Waals surface area (Å²) in [5, 5.41) is 11.0. The van der Waals surface area contributed by atoms with Crippen LogP contribution >= 0.6 is 0 Å². The highest BCUT2D eigenvalue weighted by atomic mass is 16.5. The fraction of sp³-hybridized carbons (Fsp3) is 0.333. The number of morpholine rings is 1. The number of carbonyl (C=O) groups excluding carboxylic acids is 2. The monoisotopic (exact) mass is 422 g/mol. The molecule has 162 valence electrons. The first-order valence-corrected chi connectivity index (χ1v) is 10.4. The number of likely N-dealkylation sites (tertiary alicyclic amines) is 1. The molecule has 0 radical (unpaired) electrons. The normalized spacial score (nSPS) is 21.5. The molecule has 7 nitrogen and oxygen atoms in total. The second kappa shape index (κ2) is 9.32. The third-order valence-electron chi connectivity index (χ3n) is 5.78. The molecule has 7 heteroatoms. The molecule has 2 heterocycles. The van der Waals surface area contributed by atoms with Crippen LogP contribution < -0.4 is 4.74 Å². The predicted octanol–water partition coefficient (Wildman–Crippen LogP) is 2.45. The van der Waals surface area contributed by atoms with Crippen LogP contribution in [0.1, 0.15) is 17.2 Å². The number of rotatable bonds is 6. The molecule has 2 fully saturated rings. The van der Waals surface area contributed by atoms with Crippen LogP contribution in [0.4, 0.5) is 0 Å². The number of hydrogen-bond acceptors (Lipinski definition) is 6. The van der Waals surface area contributed by atoms with Crippen molar-refractivity contribution in [2.75, 3.05) is 46.5 Å². The summed E-state index contributed by atoms with van der Waals surface area (Å²) in [4.78, 5) is 29.8. The van der Waals surface area contributed by atoms with Gasteiger partial charge in [0, 0.05) is 31.7 Å². The summed E-state index contributed by atoms with van der Waals surface area (Å²) >= 11 is 0. The van der Waals surface area contributed by atoms with Gasteiger partial charge >= 0.3 is 0 Å². The Morgan fingerprint density at radius 1 is 1.03 bits per heavy atom. The molecule has 1 atom stereocenters. The van der Waals surface area contributed by atoms with Crippen LogP contribution in [0.25, 0.3) is 5.76 Å². The molecule has 1 unspecified atom stereocenters. The number of aliphatic hydroxyl groups excluding tert-OH is 1. The summed E-state index contributed by atoms with van der Waals surface area (Å²) in [6.07, 6.45) is 0. The molecule has 0 aromatic heterocycles. The largest absolute Gasteiger partial charge is 0.507 e. The molecule has 2 aromatic rings. The van der Waals surface area contributed by atoms with Crippen molar-refractivity contribution in [3.05, 3.63) is 71.3 Å². The van der Waals surface area contributed by atoms with Crippen molar-refractivity contribution in [3.8, 4) is 5.75 Å². The Bertz CT molecular complexity index is 965. The Labute approximate surface area is 181 Å². The van der Waals surface area contributed by atoms with Crippen LogP contribution in [0.3, 0.4) is 0 Å². The van der Waals surface area contributed by atoms with Crippen LogP contribution in [-0.4, -0.2) is 73.1 Å². The van der Waals surface area contributed by atoms with Crippen LogP contribution in [0, 0.1) is 0 Å². The minimum absolute atomic E-state index is 0.114. The Kier molecular flexibility index (Phi) is 6.34. The predicted molar refractivity (Wildman–Crippen MR) is 116 cm³/mol. The molecule has 1 amide bonds. The highest BCUT2D eigenvalue weighted by Crippen LogP contribution is 2.39. The second-order valence-corrected chi connectivity index (χ2v) is 7.59. The van der Waals surface area contributed by atoms with E-state index in [1.165, 1.54) is 0 Å². The summed E-state index contributed by atoms with van der Waals surface area (Å²) in [6.45, 7) is 3.92. The van der Waals surface area contributed by atoms with E-state index in [1.54, 1.807) is 48.4 Å². The third-order valence-corrected chi connectivity index (χ3v) is 5.78. The lowest BCUT2D eigenvalue weighted by Crippen LogP contribution is -2.42. The molecule has 0 aliphatic carbocycles. The highest BCUT2D eigenvalue weighted by Gasteiger charge is 2.46. The summed E-state index contributed by atoms with van der Waals surface area (Å²) in [5.41, 5.74) is 1.37. The van der Waals surface area contributed by atoms with Crippen molar-refractivity contribution in [2.45, 2.75) is 6.04 Å². The van der Waals surface area contributed by atoms with Gasteiger partial charge in [-0.1, -0.05) is 42.5 Å². The summed E-state index contributed by atoms with van der Waals surface area (Å²) < 4.78 is 10.6. The van der Waals surface area contributed by atoms with Gasteiger partial charge in [0.15, 0.2) is 0 Å². The number of Topliss-reactive ketones (excluding diaryl/α,β-unsaturated/α-hetero) is 1. The number of methoxy groups -OCH3 is 1. The summed E-state index contributed by atoms with van der Waals surface area (Å²) in [5.74, 6) is -0.735. The van der Waals surface area contributed by atoms with Gasteiger partial charge in [-0.3, -0.25) is 14.5 Å². The average Bonchev–Trinajstić information content (AvgIpc) is 3.08. The van der Waals surface area contributed by atoms with Gasteiger partial charge in [-0.25, -0.2) is 0 Å². The van der Waals surface area contributed by atoms with E-state index in [0.29, 0.717) is 37.6 Å². The first kappa shape index (κ1) is 21.1. The van der Waals surface area contributed by atoms with E-state index in [4.69, 9.17) is 9.47 Å². The van der Waals surface area contributed by atoms with Crippen molar-refractivity contribution in [2.24, 2.45) is 0 Å². The van der Waals surface area contributed by atoms with Gasteiger partial charge < -0.3 is 19.5 Å². The zero-order valence-corrected chi connectivity index (χ0v) is 17.5. The molecule has 1 N–H and O–H groups in total. The lowest BCUT2D eigenvalue weighted by Gasteiger charge is -2.31. The molecule has 2 aliphatic heterocycles. The average molecular weight is 422 g/mol. The number of hydrogen-bond donors (Lipinski definition) is 1. The van der Waals surface area contributed by atoms with E-state index in [9.17, 15) is 14.7 Å². The molecule has 4 rings (SSSR count). The van der Waals surface area contributed by atoms with Crippen LogP contribution in [0.5, 0.6) is 5.75 Å². The Morgan fingerprint density at radius 3 is 2.35 bits per heavy atom. The maximum absolute atomic E-state index is 13.0. The van der Waals surface area contributed by atoms with Crippen molar-refractivity contribution < 1.29 is 24.2 Å². The number of aliphatic hydroxyl groups is 1. The van der Waals surface area contributed by atoms with Crippen molar-refractivity contribution in [1.29, 1.82) is 0 Å². The fourth-order valence-electron chi connectivity index (χ4n) is 4.07. The maximum Gasteiger partial charge on any atom is 0.295 e. The van der Waals surface area contributed by atoms with E-state index in [1.807, 2.05) is 18.2 Å². The number of carbonyl (C=O) groups is 2. The molecular formula is C24H26N2O5. The zero-order chi connectivity index (χ0) is 21.8. The first-order chi connectivity index (χ1) is 15.1. The molecule has 0 bridgehead atoms. The number of ether oxygens (including phenoxy) is 2. The fourth-order valence-corrected chi connectivity index (χ4v) is 4.07. The number of ketones is 1. The Balaban J connectivity index is 1.72. The standard InChI is InChI=1S/C24H26N2O5/c1-30-19-9-7-17(8-10-19)21-20(22(27)18-5-3-2-4-6-18)23(28)24(29)26(21)12-11-25-13-15-31-16-14-25/h2-10,21,27H,11-16H2,1H3/b22-20-. The first-order valence-electron chi connectivity index (χ1n) is 10.4. The van der Waals surface area contributed by atoms with Crippen molar-refractivity contribution in [1.82, 2.24) is 9.80 Å².